The average Bonchev–Trinajstić information content (AvgIpc) is 2.35. The summed E-state index contributed by atoms with van der Waals surface area (Å²) in [7, 11) is 0. The topological polar surface area (TPSA) is 78.6 Å². The fourth-order valence-electron chi connectivity index (χ4n) is 3.23. The van der Waals surface area contributed by atoms with E-state index in [9.17, 15) is 9.90 Å². The molecule has 2 fully saturated rings. The van der Waals surface area contributed by atoms with Crippen molar-refractivity contribution in [3.63, 3.8) is 0 Å². The quantitative estimate of drug-likeness (QED) is 0.361. The molecule has 0 aromatic carbocycles. The van der Waals surface area contributed by atoms with Gasteiger partial charge in [-0.1, -0.05) is 12.8 Å². The summed E-state index contributed by atoms with van der Waals surface area (Å²) in [6.07, 6.45) is 5.09. The highest BCUT2D eigenvalue weighted by Crippen LogP contribution is 2.40. The van der Waals surface area contributed by atoms with Crippen LogP contribution >= 0.6 is 0 Å². The van der Waals surface area contributed by atoms with Crippen LogP contribution in [0.4, 0.5) is 0 Å². The van der Waals surface area contributed by atoms with Crippen molar-refractivity contribution in [2.24, 2.45) is 11.8 Å². The zero-order valence-corrected chi connectivity index (χ0v) is 10.5. The largest absolute Gasteiger partial charge is 0.390 e. The molecule has 98 valence electrons. The highest BCUT2D eigenvalue weighted by molar-refractivity contribution is 5.80. The van der Waals surface area contributed by atoms with Crippen LogP contribution in [0.25, 0.3) is 0 Å². The summed E-state index contributed by atoms with van der Waals surface area (Å²) < 4.78 is 0. The van der Waals surface area contributed by atoms with Gasteiger partial charge in [-0.25, -0.2) is 5.84 Å². The smallest absolute Gasteiger partial charge is 0.250 e. The second-order valence-corrected chi connectivity index (χ2v) is 5.48. The summed E-state index contributed by atoms with van der Waals surface area (Å²) in [5, 5.41) is 10.5. The second-order valence-electron chi connectivity index (χ2n) is 5.48. The predicted molar refractivity (Wildman–Crippen MR) is 64.9 cm³/mol. The number of fused-ring (bicyclic) bond motifs is 1. The average molecular weight is 241 g/mol. The molecule has 2 aliphatic rings. The van der Waals surface area contributed by atoms with Gasteiger partial charge in [0.1, 0.15) is 0 Å². The van der Waals surface area contributed by atoms with Crippen LogP contribution in [0, 0.1) is 5.92 Å². The van der Waals surface area contributed by atoms with Crippen molar-refractivity contribution in [1.29, 1.82) is 0 Å². The molecule has 1 amide bonds. The number of hydrogen-bond acceptors (Lipinski definition) is 4. The van der Waals surface area contributed by atoms with Crippen LogP contribution in [0.15, 0.2) is 0 Å². The fraction of sp³-hybridized carbons (Fsp3) is 0.917. The third-order valence-corrected chi connectivity index (χ3v) is 4.53. The Morgan fingerprint density at radius 2 is 2.29 bits per heavy atom. The van der Waals surface area contributed by atoms with E-state index in [1.165, 1.54) is 6.42 Å². The third-order valence-electron chi connectivity index (χ3n) is 4.53. The van der Waals surface area contributed by atoms with Crippen molar-refractivity contribution < 1.29 is 9.90 Å². The van der Waals surface area contributed by atoms with E-state index in [1.54, 1.807) is 0 Å². The van der Waals surface area contributed by atoms with Gasteiger partial charge in [0.15, 0.2) is 0 Å². The van der Waals surface area contributed by atoms with Gasteiger partial charge in [0.05, 0.1) is 11.6 Å². The Labute approximate surface area is 102 Å². The lowest BCUT2D eigenvalue weighted by Gasteiger charge is -2.48. The minimum absolute atomic E-state index is 0.147. The zero-order valence-electron chi connectivity index (χ0n) is 10.5. The van der Waals surface area contributed by atoms with Gasteiger partial charge in [-0.3, -0.25) is 15.1 Å². The highest BCUT2D eigenvalue weighted by Gasteiger charge is 2.44. The lowest BCUT2D eigenvalue weighted by Crippen LogP contribution is -2.58. The fourth-order valence-corrected chi connectivity index (χ4v) is 3.23. The molecule has 1 aliphatic heterocycles. The van der Waals surface area contributed by atoms with E-state index in [2.05, 4.69) is 10.3 Å². The molecular weight excluding hydrogens is 218 g/mol. The lowest BCUT2D eigenvalue weighted by atomic mass is 9.71. The number of carbonyl (C=O) groups is 1. The maximum atomic E-state index is 11.5. The predicted octanol–water partition coefficient (Wildman–Crippen LogP) is -0.00820. The van der Waals surface area contributed by atoms with Gasteiger partial charge < -0.3 is 5.11 Å². The Morgan fingerprint density at radius 1 is 1.53 bits per heavy atom. The summed E-state index contributed by atoms with van der Waals surface area (Å²) in [6.45, 7) is 3.46. The van der Waals surface area contributed by atoms with Crippen molar-refractivity contribution >= 4 is 5.91 Å². The van der Waals surface area contributed by atoms with Gasteiger partial charge in [-0.15, -0.1) is 0 Å². The first-order chi connectivity index (χ1) is 8.07. The van der Waals surface area contributed by atoms with Gasteiger partial charge in [0.2, 0.25) is 0 Å². The van der Waals surface area contributed by atoms with Crippen LogP contribution < -0.4 is 11.3 Å². The number of aliphatic hydroxyl groups is 1. The van der Waals surface area contributed by atoms with E-state index in [1.807, 2.05) is 6.92 Å². The van der Waals surface area contributed by atoms with E-state index in [0.29, 0.717) is 5.92 Å². The Kier molecular flexibility index (Phi) is 3.70. The van der Waals surface area contributed by atoms with E-state index < -0.39 is 5.60 Å². The van der Waals surface area contributed by atoms with Gasteiger partial charge in [0.25, 0.3) is 5.91 Å². The molecule has 3 unspecified atom stereocenters. The second kappa shape index (κ2) is 4.92. The summed E-state index contributed by atoms with van der Waals surface area (Å²) in [4.78, 5) is 13.6. The molecule has 0 bridgehead atoms. The van der Waals surface area contributed by atoms with Crippen LogP contribution in [0.3, 0.4) is 0 Å². The molecule has 1 saturated heterocycles. The molecule has 3 atom stereocenters. The summed E-state index contributed by atoms with van der Waals surface area (Å²) in [5.41, 5.74) is 1.72. The summed E-state index contributed by atoms with van der Waals surface area (Å²) in [6, 6.07) is -0.202. The molecule has 5 nitrogen and oxygen atoms in total. The molecule has 1 aliphatic carbocycles. The standard InChI is InChI=1S/C12H23N3O2/c1-9(11(16)14-13)15-7-6-12(17)5-3-2-4-10(12)8-15/h9-10,17H,2-8,13H2,1H3,(H,14,16). The minimum atomic E-state index is -0.479. The van der Waals surface area contributed by atoms with Crippen molar-refractivity contribution in [3.8, 4) is 0 Å². The monoisotopic (exact) mass is 241 g/mol. The summed E-state index contributed by atoms with van der Waals surface area (Å²) in [5.74, 6) is 5.33. The first kappa shape index (κ1) is 12.8. The van der Waals surface area contributed by atoms with Crippen molar-refractivity contribution in [3.05, 3.63) is 0 Å². The summed E-state index contributed by atoms with van der Waals surface area (Å²) >= 11 is 0. The molecular formula is C12H23N3O2. The SMILES string of the molecule is CC(C(=O)NN)N1CCC2(O)CCCCC2C1. The van der Waals surface area contributed by atoms with Crippen LogP contribution in [-0.4, -0.2) is 40.6 Å². The normalized spacial score (nSPS) is 36.1. The number of hydrazine groups is 1. The first-order valence-corrected chi connectivity index (χ1v) is 6.54. The molecule has 0 radical (unpaired) electrons. The Balaban J connectivity index is 1.99. The number of nitrogens with two attached hydrogens (primary N) is 1. The van der Waals surface area contributed by atoms with Crippen molar-refractivity contribution in [2.75, 3.05) is 13.1 Å². The van der Waals surface area contributed by atoms with Crippen LogP contribution in [0.2, 0.25) is 0 Å². The molecule has 1 saturated carbocycles. The molecule has 2 rings (SSSR count). The number of nitrogens with zero attached hydrogens (tertiary/aromatic N) is 1. The Hall–Kier alpha value is -0.650. The maximum Gasteiger partial charge on any atom is 0.250 e. The highest BCUT2D eigenvalue weighted by atomic mass is 16.3. The minimum Gasteiger partial charge on any atom is -0.390 e. The number of hydrogen-bond donors (Lipinski definition) is 3. The number of piperidine rings is 1. The van der Waals surface area contributed by atoms with Gasteiger partial charge in [-0.2, -0.15) is 0 Å². The number of rotatable bonds is 2. The van der Waals surface area contributed by atoms with E-state index in [-0.39, 0.29) is 11.9 Å². The van der Waals surface area contributed by atoms with Crippen LogP contribution in [0.5, 0.6) is 0 Å². The number of likely N-dealkylation sites (tertiary alicyclic amines) is 1. The van der Waals surface area contributed by atoms with Crippen LogP contribution in [0.1, 0.15) is 39.0 Å². The number of amides is 1. The van der Waals surface area contributed by atoms with Gasteiger partial charge >= 0.3 is 0 Å². The van der Waals surface area contributed by atoms with E-state index >= 15 is 0 Å². The van der Waals surface area contributed by atoms with E-state index in [4.69, 9.17) is 5.84 Å². The molecule has 1 heterocycles. The molecule has 17 heavy (non-hydrogen) atoms. The van der Waals surface area contributed by atoms with Crippen molar-refractivity contribution in [1.82, 2.24) is 10.3 Å². The first-order valence-electron chi connectivity index (χ1n) is 6.54. The van der Waals surface area contributed by atoms with Gasteiger partial charge in [0, 0.05) is 19.0 Å². The lowest BCUT2D eigenvalue weighted by molar-refractivity contribution is -0.133. The molecule has 5 heteroatoms. The molecule has 0 aromatic rings. The van der Waals surface area contributed by atoms with Crippen molar-refractivity contribution in [2.45, 2.75) is 50.7 Å². The zero-order chi connectivity index (χ0) is 12.5. The van der Waals surface area contributed by atoms with Crippen LogP contribution in [-0.2, 0) is 4.79 Å². The molecule has 0 aromatic heterocycles. The third kappa shape index (κ3) is 2.46. The number of nitrogens with one attached hydrogen (secondary N) is 1. The van der Waals surface area contributed by atoms with Gasteiger partial charge in [-0.05, 0) is 26.2 Å². The van der Waals surface area contributed by atoms with E-state index in [0.717, 1.165) is 38.8 Å². The molecule has 0 spiro atoms. The Bertz CT molecular complexity index is 297. The number of carbonyl (C=O) groups excluding carboxylic acids is 1. The molecule has 4 N–H and O–H groups in total. The Morgan fingerprint density at radius 3 is 3.00 bits per heavy atom. The maximum absolute atomic E-state index is 11.5.